The van der Waals surface area contributed by atoms with Crippen molar-refractivity contribution in [1.82, 2.24) is 5.32 Å². The molecule has 1 aromatic carbocycles. The van der Waals surface area contributed by atoms with Crippen molar-refractivity contribution in [2.24, 2.45) is 0 Å². The third kappa shape index (κ3) is 3.72. The zero-order valence-corrected chi connectivity index (χ0v) is 11.1. The van der Waals surface area contributed by atoms with Crippen LogP contribution in [0, 0.1) is 6.92 Å². The maximum Gasteiger partial charge on any atom is 0.253 e. The second-order valence-corrected chi connectivity index (χ2v) is 5.13. The lowest BCUT2D eigenvalue weighted by atomic mass is 10.0. The lowest BCUT2D eigenvalue weighted by Gasteiger charge is -2.25. The Labute approximate surface area is 107 Å². The Bertz CT molecular complexity index is 416. The second-order valence-electron chi connectivity index (χ2n) is 4.75. The molecule has 2 N–H and O–H groups in total. The minimum atomic E-state index is -0.446. The molecule has 0 heterocycles. The van der Waals surface area contributed by atoms with Crippen molar-refractivity contribution < 1.29 is 9.90 Å². The summed E-state index contributed by atoms with van der Waals surface area (Å²) >= 11 is 6.08. The molecule has 0 aliphatic rings. The van der Waals surface area contributed by atoms with Crippen LogP contribution in [0.3, 0.4) is 0 Å². The van der Waals surface area contributed by atoms with Crippen LogP contribution in [0.2, 0.25) is 5.02 Å². The van der Waals surface area contributed by atoms with Gasteiger partial charge in [-0.05, 0) is 38.8 Å². The van der Waals surface area contributed by atoms with Crippen LogP contribution in [0.5, 0.6) is 0 Å². The molecule has 1 amide bonds. The summed E-state index contributed by atoms with van der Waals surface area (Å²) < 4.78 is 0. The number of aliphatic hydroxyl groups excluding tert-OH is 1. The van der Waals surface area contributed by atoms with Crippen LogP contribution in [0.25, 0.3) is 0 Å². The quantitative estimate of drug-likeness (QED) is 0.869. The summed E-state index contributed by atoms with van der Waals surface area (Å²) in [5.74, 6) is -0.211. The molecule has 0 fully saturated rings. The molecule has 0 saturated heterocycles. The molecule has 0 unspecified atom stereocenters. The second kappa shape index (κ2) is 5.52. The van der Waals surface area contributed by atoms with E-state index in [1.807, 2.05) is 26.8 Å². The van der Waals surface area contributed by atoms with Crippen molar-refractivity contribution in [2.45, 2.75) is 32.7 Å². The Morgan fingerprint density at radius 1 is 1.47 bits per heavy atom. The highest BCUT2D eigenvalue weighted by Crippen LogP contribution is 2.21. The number of hydrogen-bond donors (Lipinski definition) is 2. The summed E-state index contributed by atoms with van der Waals surface area (Å²) in [7, 11) is 0. The van der Waals surface area contributed by atoms with Crippen LogP contribution >= 0.6 is 11.6 Å². The van der Waals surface area contributed by atoms with Gasteiger partial charge in [-0.15, -0.1) is 0 Å². The molecule has 0 saturated carbocycles. The average molecular weight is 256 g/mol. The van der Waals surface area contributed by atoms with Gasteiger partial charge in [-0.25, -0.2) is 0 Å². The maximum atomic E-state index is 12.0. The highest BCUT2D eigenvalue weighted by molar-refractivity contribution is 6.34. The molecule has 1 aromatic rings. The van der Waals surface area contributed by atoms with Gasteiger partial charge in [0, 0.05) is 12.1 Å². The Kier molecular flexibility index (Phi) is 4.54. The number of hydrogen-bond acceptors (Lipinski definition) is 2. The number of amides is 1. The van der Waals surface area contributed by atoms with E-state index >= 15 is 0 Å². The van der Waals surface area contributed by atoms with E-state index in [0.29, 0.717) is 17.0 Å². The van der Waals surface area contributed by atoms with Gasteiger partial charge in [0.05, 0.1) is 10.6 Å². The van der Waals surface area contributed by atoms with Gasteiger partial charge in [0.1, 0.15) is 0 Å². The molecule has 4 heteroatoms. The van der Waals surface area contributed by atoms with Gasteiger partial charge < -0.3 is 10.4 Å². The topological polar surface area (TPSA) is 49.3 Å². The number of carbonyl (C=O) groups excluding carboxylic acids is 1. The van der Waals surface area contributed by atoms with Gasteiger partial charge in [-0.1, -0.05) is 23.7 Å². The molecule has 1 rings (SSSR count). The Morgan fingerprint density at radius 2 is 2.12 bits per heavy atom. The summed E-state index contributed by atoms with van der Waals surface area (Å²) in [6.07, 6.45) is 0.502. The van der Waals surface area contributed by atoms with Crippen LogP contribution in [0.1, 0.15) is 36.2 Å². The fourth-order valence-electron chi connectivity index (χ4n) is 1.54. The van der Waals surface area contributed by atoms with Crippen LogP contribution in [0.4, 0.5) is 0 Å². The summed E-state index contributed by atoms with van der Waals surface area (Å²) in [5.41, 5.74) is 0.899. The predicted octanol–water partition coefficient (Wildman–Crippen LogP) is 2.54. The molecule has 94 valence electrons. The van der Waals surface area contributed by atoms with Crippen molar-refractivity contribution in [1.29, 1.82) is 0 Å². The van der Waals surface area contributed by atoms with Crippen molar-refractivity contribution in [3.8, 4) is 0 Å². The first-order valence-corrected chi connectivity index (χ1v) is 5.93. The van der Waals surface area contributed by atoms with E-state index in [1.165, 1.54) is 0 Å². The van der Waals surface area contributed by atoms with E-state index in [4.69, 9.17) is 16.7 Å². The van der Waals surface area contributed by atoms with Gasteiger partial charge in [-0.3, -0.25) is 4.79 Å². The number of halogens is 1. The first-order valence-electron chi connectivity index (χ1n) is 5.56. The normalized spacial score (nSPS) is 11.4. The molecule has 0 atom stereocenters. The fraction of sp³-hybridized carbons (Fsp3) is 0.462. The van der Waals surface area contributed by atoms with E-state index in [9.17, 15) is 4.79 Å². The Morgan fingerprint density at radius 3 is 2.71 bits per heavy atom. The minimum Gasteiger partial charge on any atom is -0.396 e. The molecular weight excluding hydrogens is 238 g/mol. The number of aliphatic hydroxyl groups is 1. The van der Waals surface area contributed by atoms with E-state index < -0.39 is 5.54 Å². The first-order chi connectivity index (χ1) is 7.87. The molecule has 17 heavy (non-hydrogen) atoms. The predicted molar refractivity (Wildman–Crippen MR) is 69.4 cm³/mol. The number of rotatable bonds is 4. The summed E-state index contributed by atoms with van der Waals surface area (Å²) in [4.78, 5) is 12.0. The molecule has 0 bridgehead atoms. The minimum absolute atomic E-state index is 0.0365. The number of carbonyl (C=O) groups is 1. The monoisotopic (exact) mass is 255 g/mol. The Hall–Kier alpha value is -1.06. The van der Waals surface area contributed by atoms with Crippen LogP contribution in [0.15, 0.2) is 18.2 Å². The van der Waals surface area contributed by atoms with Crippen LogP contribution in [-0.4, -0.2) is 23.2 Å². The summed E-state index contributed by atoms with van der Waals surface area (Å²) in [5, 5.41) is 12.2. The van der Waals surface area contributed by atoms with Gasteiger partial charge >= 0.3 is 0 Å². The SMILES string of the molecule is Cc1cccc(C(=O)NC(C)(C)CCO)c1Cl. The van der Waals surface area contributed by atoms with Gasteiger partial charge in [0.15, 0.2) is 0 Å². The number of benzene rings is 1. The molecular formula is C13H18ClNO2. The summed E-state index contributed by atoms with van der Waals surface area (Å²) in [6, 6.07) is 5.35. The first kappa shape index (κ1) is 14.0. The highest BCUT2D eigenvalue weighted by atomic mass is 35.5. The van der Waals surface area contributed by atoms with Crippen molar-refractivity contribution in [3.63, 3.8) is 0 Å². The lowest BCUT2D eigenvalue weighted by molar-refractivity contribution is 0.0899. The molecule has 3 nitrogen and oxygen atoms in total. The molecule has 0 spiro atoms. The van der Waals surface area contributed by atoms with E-state index in [0.717, 1.165) is 5.56 Å². The standard InChI is InChI=1S/C13H18ClNO2/c1-9-5-4-6-10(11(9)14)12(17)15-13(2,3)7-8-16/h4-6,16H,7-8H2,1-3H3,(H,15,17). The molecule has 0 radical (unpaired) electrons. The van der Waals surface area contributed by atoms with Gasteiger partial charge in [0.2, 0.25) is 0 Å². The van der Waals surface area contributed by atoms with E-state index in [2.05, 4.69) is 5.32 Å². The lowest BCUT2D eigenvalue weighted by Crippen LogP contribution is -2.44. The zero-order chi connectivity index (χ0) is 13.1. The van der Waals surface area contributed by atoms with E-state index in [-0.39, 0.29) is 12.5 Å². The van der Waals surface area contributed by atoms with Crippen molar-refractivity contribution in [2.75, 3.05) is 6.61 Å². The fourth-order valence-corrected chi connectivity index (χ4v) is 1.75. The summed E-state index contributed by atoms with van der Waals surface area (Å²) in [6.45, 7) is 5.63. The van der Waals surface area contributed by atoms with Crippen LogP contribution in [-0.2, 0) is 0 Å². The van der Waals surface area contributed by atoms with Gasteiger partial charge in [0.25, 0.3) is 5.91 Å². The Balaban J connectivity index is 2.87. The number of nitrogens with one attached hydrogen (secondary N) is 1. The van der Waals surface area contributed by atoms with Gasteiger partial charge in [-0.2, -0.15) is 0 Å². The largest absolute Gasteiger partial charge is 0.396 e. The van der Waals surface area contributed by atoms with Crippen molar-refractivity contribution in [3.05, 3.63) is 34.3 Å². The molecule has 0 aromatic heterocycles. The average Bonchev–Trinajstić information content (AvgIpc) is 2.21. The third-order valence-corrected chi connectivity index (χ3v) is 3.13. The highest BCUT2D eigenvalue weighted by Gasteiger charge is 2.21. The molecule has 0 aliphatic heterocycles. The molecule has 0 aliphatic carbocycles. The number of aryl methyl sites for hydroxylation is 1. The van der Waals surface area contributed by atoms with E-state index in [1.54, 1.807) is 12.1 Å². The van der Waals surface area contributed by atoms with Crippen LogP contribution < -0.4 is 5.32 Å². The maximum absolute atomic E-state index is 12.0. The zero-order valence-electron chi connectivity index (χ0n) is 10.4. The van der Waals surface area contributed by atoms with Crippen molar-refractivity contribution >= 4 is 17.5 Å². The third-order valence-electron chi connectivity index (χ3n) is 2.63. The smallest absolute Gasteiger partial charge is 0.253 e.